The van der Waals surface area contributed by atoms with Crippen LogP contribution in [-0.2, 0) is 9.53 Å². The number of nitro groups is 1. The lowest BCUT2D eigenvalue weighted by molar-refractivity contribution is -0.387. The van der Waals surface area contributed by atoms with E-state index in [1.165, 1.54) is 13.2 Å². The molecule has 0 aliphatic heterocycles. The van der Waals surface area contributed by atoms with E-state index in [0.29, 0.717) is 6.61 Å². The van der Waals surface area contributed by atoms with Crippen LogP contribution in [0.3, 0.4) is 0 Å². The number of nitrogens with zero attached hydrogens (tertiary/aromatic N) is 1. The summed E-state index contributed by atoms with van der Waals surface area (Å²) in [5.41, 5.74) is -0.643. The van der Waals surface area contributed by atoms with E-state index >= 15 is 0 Å². The Labute approximate surface area is 114 Å². The predicted molar refractivity (Wildman–Crippen MR) is 68.0 cm³/mol. The van der Waals surface area contributed by atoms with E-state index < -0.39 is 22.3 Å². The smallest absolute Gasteiger partial charge is 0.305 e. The number of amides is 1. The Hall–Kier alpha value is -2.22. The molecule has 20 heavy (non-hydrogen) atoms. The first-order valence-electron chi connectivity index (χ1n) is 5.79. The molecule has 0 heterocycles. The molecule has 1 rings (SSSR count). The number of halogens is 1. The average molecular weight is 286 g/mol. The first kappa shape index (κ1) is 15.8. The molecule has 1 amide bonds. The molecule has 7 nitrogen and oxygen atoms in total. The fraction of sp³-hybridized carbons (Fsp3) is 0.417. The number of carbonyl (C=O) groups excluding carboxylic acids is 1. The lowest BCUT2D eigenvalue weighted by atomic mass is 10.3. The zero-order valence-corrected chi connectivity index (χ0v) is 11.1. The Morgan fingerprint density at radius 3 is 2.80 bits per heavy atom. The van der Waals surface area contributed by atoms with Crippen LogP contribution in [0, 0.1) is 15.9 Å². The molecule has 0 bridgehead atoms. The lowest BCUT2D eigenvalue weighted by Crippen LogP contribution is -2.38. The molecule has 0 spiro atoms. The van der Waals surface area contributed by atoms with E-state index in [0.717, 1.165) is 12.1 Å². The van der Waals surface area contributed by atoms with Gasteiger partial charge in [-0.05, 0) is 13.0 Å². The number of methoxy groups -OCH3 is 1. The van der Waals surface area contributed by atoms with E-state index in [4.69, 9.17) is 9.47 Å². The van der Waals surface area contributed by atoms with Crippen LogP contribution in [0.25, 0.3) is 0 Å². The van der Waals surface area contributed by atoms with Gasteiger partial charge in [-0.2, -0.15) is 4.39 Å². The summed E-state index contributed by atoms with van der Waals surface area (Å²) in [5.74, 6) is -1.36. The number of hydrogen-bond donors (Lipinski definition) is 1. The molecular formula is C12H15FN2O5. The molecule has 0 saturated heterocycles. The maximum atomic E-state index is 13.3. The molecule has 0 saturated carbocycles. The maximum Gasteiger partial charge on any atom is 0.305 e. The Morgan fingerprint density at radius 1 is 1.55 bits per heavy atom. The van der Waals surface area contributed by atoms with E-state index in [9.17, 15) is 19.3 Å². The van der Waals surface area contributed by atoms with Crippen molar-refractivity contribution < 1.29 is 23.6 Å². The fourth-order valence-corrected chi connectivity index (χ4v) is 1.48. The Balaban J connectivity index is 2.52. The second-order valence-electron chi connectivity index (χ2n) is 4.08. The standard InChI is InChI=1S/C12H15FN2O5/c1-8(6-19-2)14-12(16)7-20-9-3-4-11(15(17)18)10(13)5-9/h3-5,8H,6-7H2,1-2H3,(H,14,16). The van der Waals surface area contributed by atoms with Crippen LogP contribution in [0.5, 0.6) is 5.75 Å². The van der Waals surface area contributed by atoms with Gasteiger partial charge in [-0.15, -0.1) is 0 Å². The molecule has 8 heteroatoms. The van der Waals surface area contributed by atoms with Gasteiger partial charge in [0.2, 0.25) is 5.82 Å². The molecule has 1 N–H and O–H groups in total. The topological polar surface area (TPSA) is 90.7 Å². The van der Waals surface area contributed by atoms with Crippen molar-refractivity contribution in [1.82, 2.24) is 5.32 Å². The highest BCUT2D eigenvalue weighted by Gasteiger charge is 2.15. The summed E-state index contributed by atoms with van der Waals surface area (Å²) in [6, 6.07) is 2.90. The normalized spacial score (nSPS) is 11.8. The molecule has 1 aromatic rings. The van der Waals surface area contributed by atoms with Crippen LogP contribution >= 0.6 is 0 Å². The van der Waals surface area contributed by atoms with Crippen molar-refractivity contribution in [2.45, 2.75) is 13.0 Å². The molecule has 110 valence electrons. The molecule has 1 unspecified atom stereocenters. The van der Waals surface area contributed by atoms with Crippen LogP contribution in [0.2, 0.25) is 0 Å². The first-order valence-corrected chi connectivity index (χ1v) is 5.79. The Bertz CT molecular complexity index is 495. The highest BCUT2D eigenvalue weighted by molar-refractivity contribution is 5.77. The molecule has 1 atom stereocenters. The summed E-state index contributed by atoms with van der Waals surface area (Å²) in [5, 5.41) is 13.0. The maximum absolute atomic E-state index is 13.3. The number of benzene rings is 1. The summed E-state index contributed by atoms with van der Waals surface area (Å²) >= 11 is 0. The highest BCUT2D eigenvalue weighted by Crippen LogP contribution is 2.22. The van der Waals surface area contributed by atoms with Crippen molar-refractivity contribution >= 4 is 11.6 Å². The van der Waals surface area contributed by atoms with Crippen LogP contribution < -0.4 is 10.1 Å². The van der Waals surface area contributed by atoms with Crippen molar-refractivity contribution in [2.24, 2.45) is 0 Å². The summed E-state index contributed by atoms with van der Waals surface area (Å²) in [6.45, 7) is 1.80. The molecule has 0 aliphatic rings. The average Bonchev–Trinajstić information content (AvgIpc) is 2.36. The minimum absolute atomic E-state index is 0.0441. The number of hydrogen-bond acceptors (Lipinski definition) is 5. The van der Waals surface area contributed by atoms with Crippen molar-refractivity contribution in [1.29, 1.82) is 0 Å². The second-order valence-corrected chi connectivity index (χ2v) is 4.08. The largest absolute Gasteiger partial charge is 0.484 e. The van der Waals surface area contributed by atoms with Gasteiger partial charge >= 0.3 is 5.69 Å². The monoisotopic (exact) mass is 286 g/mol. The van der Waals surface area contributed by atoms with Crippen LogP contribution in [0.4, 0.5) is 10.1 Å². The van der Waals surface area contributed by atoms with Crippen molar-refractivity contribution in [3.05, 3.63) is 34.1 Å². The number of rotatable bonds is 7. The lowest BCUT2D eigenvalue weighted by Gasteiger charge is -2.13. The zero-order chi connectivity index (χ0) is 15.1. The van der Waals surface area contributed by atoms with Gasteiger partial charge in [-0.1, -0.05) is 0 Å². The summed E-state index contributed by atoms with van der Waals surface area (Å²) in [4.78, 5) is 21.1. The summed E-state index contributed by atoms with van der Waals surface area (Å²) in [7, 11) is 1.51. The van der Waals surface area contributed by atoms with Gasteiger partial charge in [-0.3, -0.25) is 14.9 Å². The van der Waals surface area contributed by atoms with Gasteiger partial charge in [0, 0.05) is 25.3 Å². The van der Waals surface area contributed by atoms with Crippen molar-refractivity contribution in [2.75, 3.05) is 20.3 Å². The third-order valence-corrected chi connectivity index (χ3v) is 2.31. The second kappa shape index (κ2) is 7.39. The third-order valence-electron chi connectivity index (χ3n) is 2.31. The number of nitrogens with one attached hydrogen (secondary N) is 1. The van der Waals surface area contributed by atoms with E-state index in [2.05, 4.69) is 5.32 Å². The minimum atomic E-state index is -1.01. The number of ether oxygens (including phenoxy) is 2. The molecule has 0 radical (unpaired) electrons. The van der Waals surface area contributed by atoms with E-state index in [1.54, 1.807) is 6.92 Å². The van der Waals surface area contributed by atoms with Gasteiger partial charge in [0.25, 0.3) is 5.91 Å². The molecule has 1 aromatic carbocycles. The first-order chi connectivity index (χ1) is 9.43. The SMILES string of the molecule is COCC(C)NC(=O)COc1ccc([N+](=O)[O-])c(F)c1. The van der Waals surface area contributed by atoms with Gasteiger partial charge in [0.15, 0.2) is 6.61 Å². The van der Waals surface area contributed by atoms with Gasteiger partial charge in [0.1, 0.15) is 5.75 Å². The summed E-state index contributed by atoms with van der Waals surface area (Å²) < 4.78 is 23.2. The molecule has 0 aromatic heterocycles. The van der Waals surface area contributed by atoms with Gasteiger partial charge in [0.05, 0.1) is 11.5 Å². The number of nitro benzene ring substituents is 1. The highest BCUT2D eigenvalue weighted by atomic mass is 19.1. The molecule has 0 aliphatic carbocycles. The van der Waals surface area contributed by atoms with Crippen molar-refractivity contribution in [3.8, 4) is 5.75 Å². The minimum Gasteiger partial charge on any atom is -0.484 e. The molecular weight excluding hydrogens is 271 g/mol. The molecule has 0 fully saturated rings. The van der Waals surface area contributed by atoms with Crippen molar-refractivity contribution in [3.63, 3.8) is 0 Å². The van der Waals surface area contributed by atoms with E-state index in [-0.39, 0.29) is 18.4 Å². The van der Waals surface area contributed by atoms with Crippen LogP contribution in [0.1, 0.15) is 6.92 Å². The third kappa shape index (κ3) is 4.81. The number of carbonyl (C=O) groups is 1. The Kier molecular flexibility index (Phi) is 5.85. The summed E-state index contributed by atoms with van der Waals surface area (Å²) in [6.07, 6.45) is 0. The van der Waals surface area contributed by atoms with E-state index in [1.807, 2.05) is 0 Å². The van der Waals surface area contributed by atoms with Gasteiger partial charge in [-0.25, -0.2) is 0 Å². The van der Waals surface area contributed by atoms with Crippen LogP contribution in [-0.4, -0.2) is 37.2 Å². The van der Waals surface area contributed by atoms with Gasteiger partial charge < -0.3 is 14.8 Å². The van der Waals surface area contributed by atoms with Crippen LogP contribution in [0.15, 0.2) is 18.2 Å². The predicted octanol–water partition coefficient (Wildman–Crippen LogP) is 1.26. The fourth-order valence-electron chi connectivity index (χ4n) is 1.48. The Morgan fingerprint density at radius 2 is 2.25 bits per heavy atom. The zero-order valence-electron chi connectivity index (χ0n) is 11.1. The quantitative estimate of drug-likeness (QED) is 0.602.